The standard InChI is InChI=1S/C13H13N7O2/c1-19-10-9(11(21)20(2)13(19)22)14-12(15-10)17-18-16-8-6-4-3-5-7-8/h3-7H,1-2H3,(H2,14,15,16,17). The molecule has 0 aliphatic heterocycles. The molecule has 0 amide bonds. The maximum atomic E-state index is 12.0. The average Bonchev–Trinajstić information content (AvgIpc) is 2.96. The van der Waals surface area contributed by atoms with Crippen LogP contribution in [0.15, 0.2) is 50.3 Å². The molecule has 0 aliphatic carbocycles. The summed E-state index contributed by atoms with van der Waals surface area (Å²) in [6.07, 6.45) is 0. The fourth-order valence-electron chi connectivity index (χ4n) is 2.00. The van der Waals surface area contributed by atoms with E-state index in [2.05, 4.69) is 25.7 Å². The highest BCUT2D eigenvalue weighted by molar-refractivity contribution is 5.71. The molecule has 0 spiro atoms. The third-order valence-electron chi connectivity index (χ3n) is 3.18. The first kappa shape index (κ1) is 13.7. The number of anilines is 1. The summed E-state index contributed by atoms with van der Waals surface area (Å²) in [5.41, 5.74) is 3.04. The number of aromatic nitrogens is 4. The summed E-state index contributed by atoms with van der Waals surface area (Å²) in [6, 6.07) is 9.27. The van der Waals surface area contributed by atoms with E-state index in [1.165, 1.54) is 18.7 Å². The number of hydrogen-bond acceptors (Lipinski definition) is 5. The minimum absolute atomic E-state index is 0.136. The molecular weight excluding hydrogens is 286 g/mol. The zero-order valence-corrected chi connectivity index (χ0v) is 11.9. The first-order valence-electron chi connectivity index (χ1n) is 6.45. The number of benzene rings is 1. The molecule has 0 bridgehead atoms. The fraction of sp³-hybridized carbons (Fsp3) is 0.154. The molecule has 0 saturated heterocycles. The van der Waals surface area contributed by atoms with Crippen molar-refractivity contribution in [3.8, 4) is 0 Å². The van der Waals surface area contributed by atoms with E-state index in [4.69, 9.17) is 0 Å². The zero-order chi connectivity index (χ0) is 15.7. The van der Waals surface area contributed by atoms with Crippen molar-refractivity contribution >= 4 is 22.8 Å². The van der Waals surface area contributed by atoms with E-state index in [9.17, 15) is 9.59 Å². The van der Waals surface area contributed by atoms with Crippen molar-refractivity contribution < 1.29 is 0 Å². The number of fused-ring (bicyclic) bond motifs is 1. The Hall–Kier alpha value is -3.23. The fourth-order valence-corrected chi connectivity index (χ4v) is 2.00. The van der Waals surface area contributed by atoms with Crippen LogP contribution in [0.25, 0.3) is 11.2 Å². The predicted molar refractivity (Wildman–Crippen MR) is 81.2 cm³/mol. The lowest BCUT2D eigenvalue weighted by Gasteiger charge is -2.00. The number of rotatable bonds is 3. The Morgan fingerprint density at radius 2 is 1.86 bits per heavy atom. The lowest BCUT2D eigenvalue weighted by atomic mass is 10.3. The molecule has 0 aliphatic rings. The van der Waals surface area contributed by atoms with Gasteiger partial charge in [0.15, 0.2) is 11.2 Å². The number of para-hydroxylation sites is 1. The van der Waals surface area contributed by atoms with E-state index in [1.54, 1.807) is 0 Å². The van der Waals surface area contributed by atoms with Gasteiger partial charge in [-0.3, -0.25) is 19.4 Å². The second kappa shape index (κ2) is 5.28. The van der Waals surface area contributed by atoms with Crippen LogP contribution in [-0.2, 0) is 14.1 Å². The first-order chi connectivity index (χ1) is 10.6. The lowest BCUT2D eigenvalue weighted by molar-refractivity contribution is 0.709. The van der Waals surface area contributed by atoms with E-state index in [-0.39, 0.29) is 17.1 Å². The maximum Gasteiger partial charge on any atom is 0.332 e. The third-order valence-corrected chi connectivity index (χ3v) is 3.18. The van der Waals surface area contributed by atoms with Gasteiger partial charge in [-0.25, -0.2) is 4.79 Å². The Balaban J connectivity index is 1.96. The van der Waals surface area contributed by atoms with Crippen LogP contribution in [0.3, 0.4) is 0 Å². The molecule has 0 unspecified atom stereocenters. The van der Waals surface area contributed by atoms with Crippen LogP contribution >= 0.6 is 0 Å². The normalized spacial score (nSPS) is 11.4. The van der Waals surface area contributed by atoms with E-state index in [0.717, 1.165) is 10.3 Å². The number of nitrogens with zero attached hydrogens (tertiary/aromatic N) is 5. The maximum absolute atomic E-state index is 12.0. The molecule has 3 rings (SSSR count). The monoisotopic (exact) mass is 299 g/mol. The van der Waals surface area contributed by atoms with Crippen LogP contribution in [0.1, 0.15) is 0 Å². The Kier molecular flexibility index (Phi) is 3.30. The molecular formula is C13H13N7O2. The Morgan fingerprint density at radius 1 is 1.14 bits per heavy atom. The highest BCUT2D eigenvalue weighted by Crippen LogP contribution is 2.12. The van der Waals surface area contributed by atoms with Crippen molar-refractivity contribution in [2.45, 2.75) is 0 Å². The van der Waals surface area contributed by atoms with Crippen LogP contribution < -0.4 is 16.7 Å². The molecule has 9 nitrogen and oxygen atoms in total. The van der Waals surface area contributed by atoms with Crippen molar-refractivity contribution in [2.75, 3.05) is 5.43 Å². The number of nitrogens with one attached hydrogen (secondary N) is 2. The van der Waals surface area contributed by atoms with Crippen molar-refractivity contribution in [2.24, 2.45) is 24.4 Å². The van der Waals surface area contributed by atoms with Crippen molar-refractivity contribution in [3.63, 3.8) is 0 Å². The van der Waals surface area contributed by atoms with Gasteiger partial charge >= 0.3 is 5.69 Å². The summed E-state index contributed by atoms with van der Waals surface area (Å²) in [5.74, 6) is 0.136. The molecule has 9 heteroatoms. The quantitative estimate of drug-likeness (QED) is 0.557. The minimum Gasteiger partial charge on any atom is -0.315 e. The summed E-state index contributed by atoms with van der Waals surface area (Å²) in [6.45, 7) is 0. The van der Waals surface area contributed by atoms with Crippen molar-refractivity contribution in [3.05, 3.63) is 51.2 Å². The van der Waals surface area contributed by atoms with Crippen molar-refractivity contribution in [1.82, 2.24) is 19.1 Å². The van der Waals surface area contributed by atoms with Crippen LogP contribution in [0.5, 0.6) is 0 Å². The molecule has 0 saturated carbocycles. The Labute approximate surface area is 123 Å². The Morgan fingerprint density at radius 3 is 2.59 bits per heavy atom. The second-order valence-corrected chi connectivity index (χ2v) is 4.64. The topological polar surface area (TPSA) is 109 Å². The van der Waals surface area contributed by atoms with Gasteiger partial charge in [-0.05, 0) is 12.1 Å². The molecule has 2 heterocycles. The molecule has 112 valence electrons. The molecule has 3 aromatic rings. The highest BCUT2D eigenvalue weighted by atomic mass is 16.2. The summed E-state index contributed by atoms with van der Waals surface area (Å²) in [4.78, 5) is 30.7. The van der Waals surface area contributed by atoms with Gasteiger partial charge in [-0.1, -0.05) is 28.5 Å². The number of H-pyrrole nitrogens is 1. The highest BCUT2D eigenvalue weighted by Gasteiger charge is 2.12. The molecule has 0 fully saturated rings. The molecule has 2 aromatic heterocycles. The summed E-state index contributed by atoms with van der Waals surface area (Å²) < 4.78 is 2.28. The number of aryl methyl sites for hydroxylation is 1. The van der Waals surface area contributed by atoms with Crippen molar-refractivity contribution in [1.29, 1.82) is 0 Å². The average molecular weight is 299 g/mol. The third kappa shape index (κ3) is 2.28. The van der Waals surface area contributed by atoms with Gasteiger partial charge in [0.05, 0.1) is 5.69 Å². The number of aromatic amines is 1. The number of imidazole rings is 1. The van der Waals surface area contributed by atoms with E-state index in [1.807, 2.05) is 30.3 Å². The van der Waals surface area contributed by atoms with Crippen LogP contribution in [0.2, 0.25) is 0 Å². The number of hydrogen-bond donors (Lipinski definition) is 2. The first-order valence-corrected chi connectivity index (χ1v) is 6.45. The largest absolute Gasteiger partial charge is 0.332 e. The van der Waals surface area contributed by atoms with Gasteiger partial charge in [-0.2, -0.15) is 4.98 Å². The van der Waals surface area contributed by atoms with Gasteiger partial charge in [0.25, 0.3) is 11.5 Å². The van der Waals surface area contributed by atoms with E-state index >= 15 is 0 Å². The molecule has 0 atom stereocenters. The van der Waals surface area contributed by atoms with E-state index in [0.29, 0.717) is 0 Å². The molecule has 2 N–H and O–H groups in total. The van der Waals surface area contributed by atoms with Crippen LogP contribution in [0.4, 0.5) is 11.6 Å². The predicted octanol–water partition coefficient (Wildman–Crippen LogP) is 1.07. The molecule has 1 aromatic carbocycles. The zero-order valence-electron chi connectivity index (χ0n) is 11.9. The molecule has 0 radical (unpaired) electrons. The summed E-state index contributed by atoms with van der Waals surface area (Å²) >= 11 is 0. The SMILES string of the molecule is Cn1c(=O)c2[nH]c(/N=N/Nc3ccccc3)nc2n(C)c1=O. The molecule has 22 heavy (non-hydrogen) atoms. The van der Waals surface area contributed by atoms with Crippen LogP contribution in [-0.4, -0.2) is 19.1 Å². The van der Waals surface area contributed by atoms with Gasteiger partial charge in [-0.15, -0.1) is 0 Å². The summed E-state index contributed by atoms with van der Waals surface area (Å²) in [7, 11) is 2.94. The smallest absolute Gasteiger partial charge is 0.315 e. The van der Waals surface area contributed by atoms with Gasteiger partial charge < -0.3 is 4.98 Å². The van der Waals surface area contributed by atoms with Gasteiger partial charge in [0, 0.05) is 14.1 Å². The lowest BCUT2D eigenvalue weighted by Crippen LogP contribution is -2.36. The summed E-state index contributed by atoms with van der Waals surface area (Å²) in [5, 5.41) is 7.66. The second-order valence-electron chi connectivity index (χ2n) is 4.64. The minimum atomic E-state index is -0.455. The van der Waals surface area contributed by atoms with Gasteiger partial charge in [0.1, 0.15) is 0 Å². The Bertz CT molecular complexity index is 966. The van der Waals surface area contributed by atoms with E-state index < -0.39 is 11.2 Å². The van der Waals surface area contributed by atoms with Gasteiger partial charge in [0.2, 0.25) is 0 Å². The van der Waals surface area contributed by atoms with Crippen LogP contribution in [0, 0.1) is 0 Å².